The molecule has 0 saturated carbocycles. The van der Waals surface area contributed by atoms with Crippen molar-refractivity contribution in [2.45, 2.75) is 25.7 Å². The maximum atomic E-state index is 12.4. The van der Waals surface area contributed by atoms with E-state index in [1.807, 2.05) is 30.3 Å². The topological polar surface area (TPSA) is 54.9 Å². The van der Waals surface area contributed by atoms with Crippen LogP contribution in [0.3, 0.4) is 0 Å². The van der Waals surface area contributed by atoms with E-state index in [2.05, 4.69) is 15.3 Å². The van der Waals surface area contributed by atoms with Gasteiger partial charge in [0, 0.05) is 15.8 Å². The fraction of sp³-hybridized carbons (Fsp3) is 0.235. The van der Waals surface area contributed by atoms with Gasteiger partial charge < -0.3 is 0 Å². The van der Waals surface area contributed by atoms with Crippen LogP contribution >= 0.6 is 22.7 Å². The van der Waals surface area contributed by atoms with E-state index in [1.165, 1.54) is 29.1 Å². The number of amides is 1. The Bertz CT molecular complexity index is 815. The zero-order chi connectivity index (χ0) is 15.6. The number of anilines is 1. The largest absolute Gasteiger partial charge is 0.296 e. The molecule has 1 aliphatic rings. The number of hydrogen-bond acceptors (Lipinski definition) is 5. The number of rotatable bonds is 3. The Kier molecular flexibility index (Phi) is 3.93. The molecule has 0 aliphatic heterocycles. The number of hydrogen-bond donors (Lipinski definition) is 1. The predicted molar refractivity (Wildman–Crippen MR) is 94.3 cm³/mol. The predicted octanol–water partition coefficient (Wildman–Crippen LogP) is 4.40. The van der Waals surface area contributed by atoms with E-state index in [0.717, 1.165) is 29.1 Å². The summed E-state index contributed by atoms with van der Waals surface area (Å²) in [5.74, 6) is -0.186. The van der Waals surface area contributed by atoms with Gasteiger partial charge in [-0.3, -0.25) is 10.1 Å². The third-order valence-corrected chi connectivity index (χ3v) is 5.79. The number of carbonyl (C=O) groups is 1. The molecule has 1 aromatic carbocycles. The Morgan fingerprint density at radius 3 is 2.74 bits per heavy atom. The van der Waals surface area contributed by atoms with Crippen molar-refractivity contribution in [1.82, 2.24) is 9.97 Å². The highest BCUT2D eigenvalue weighted by Crippen LogP contribution is 2.30. The summed E-state index contributed by atoms with van der Waals surface area (Å²) in [6.07, 6.45) is 4.51. The van der Waals surface area contributed by atoms with E-state index in [1.54, 1.807) is 16.7 Å². The van der Waals surface area contributed by atoms with Crippen LogP contribution in [-0.4, -0.2) is 15.9 Å². The fourth-order valence-electron chi connectivity index (χ4n) is 2.66. The molecular weight excluding hydrogens is 326 g/mol. The van der Waals surface area contributed by atoms with Gasteiger partial charge in [-0.1, -0.05) is 30.3 Å². The zero-order valence-electron chi connectivity index (χ0n) is 12.4. The molecule has 1 aliphatic carbocycles. The van der Waals surface area contributed by atoms with Crippen molar-refractivity contribution in [3.8, 4) is 10.6 Å². The van der Waals surface area contributed by atoms with Crippen LogP contribution in [0.15, 0.2) is 35.7 Å². The van der Waals surface area contributed by atoms with Crippen LogP contribution in [0.2, 0.25) is 0 Å². The molecule has 0 spiro atoms. The first-order valence-corrected chi connectivity index (χ1v) is 9.30. The number of thiazole rings is 2. The second-order valence-electron chi connectivity index (χ2n) is 5.45. The molecule has 0 atom stereocenters. The minimum Gasteiger partial charge on any atom is -0.296 e. The number of benzene rings is 1. The molecule has 3 aromatic rings. The average molecular weight is 341 g/mol. The molecular formula is C17H15N3OS2. The van der Waals surface area contributed by atoms with Crippen LogP contribution in [0.5, 0.6) is 0 Å². The van der Waals surface area contributed by atoms with Crippen molar-refractivity contribution in [1.29, 1.82) is 0 Å². The minimum atomic E-state index is -0.186. The third kappa shape index (κ3) is 3.04. The maximum Gasteiger partial charge on any atom is 0.276 e. The molecule has 23 heavy (non-hydrogen) atoms. The monoisotopic (exact) mass is 341 g/mol. The average Bonchev–Trinajstić information content (AvgIpc) is 3.22. The lowest BCUT2D eigenvalue weighted by Gasteiger charge is -2.06. The Morgan fingerprint density at radius 1 is 1.09 bits per heavy atom. The van der Waals surface area contributed by atoms with Crippen LogP contribution in [0.4, 0.5) is 5.13 Å². The van der Waals surface area contributed by atoms with Gasteiger partial charge in [-0.2, -0.15) is 0 Å². The molecule has 0 saturated heterocycles. The molecule has 0 bridgehead atoms. The van der Waals surface area contributed by atoms with E-state index in [0.29, 0.717) is 10.8 Å². The second-order valence-corrected chi connectivity index (χ2v) is 7.40. The van der Waals surface area contributed by atoms with Gasteiger partial charge in [-0.25, -0.2) is 9.97 Å². The van der Waals surface area contributed by atoms with E-state index >= 15 is 0 Å². The van der Waals surface area contributed by atoms with Gasteiger partial charge in [-0.15, -0.1) is 22.7 Å². The fourth-order valence-corrected chi connectivity index (χ4v) is 4.51. The Balaban J connectivity index is 1.51. The summed E-state index contributed by atoms with van der Waals surface area (Å²) in [6, 6.07) is 9.90. The molecule has 2 heterocycles. The lowest BCUT2D eigenvalue weighted by Crippen LogP contribution is -2.12. The normalized spacial score (nSPS) is 13.6. The van der Waals surface area contributed by atoms with Crippen molar-refractivity contribution in [3.63, 3.8) is 0 Å². The summed E-state index contributed by atoms with van der Waals surface area (Å²) in [7, 11) is 0. The highest BCUT2D eigenvalue weighted by molar-refractivity contribution is 7.16. The molecule has 4 nitrogen and oxygen atoms in total. The lowest BCUT2D eigenvalue weighted by atomic mass is 10.0. The van der Waals surface area contributed by atoms with E-state index in [9.17, 15) is 4.79 Å². The number of carbonyl (C=O) groups excluding carboxylic acids is 1. The van der Waals surface area contributed by atoms with Gasteiger partial charge >= 0.3 is 0 Å². The second kappa shape index (κ2) is 6.22. The first-order valence-electron chi connectivity index (χ1n) is 7.60. The number of nitrogens with one attached hydrogen (secondary N) is 1. The summed E-state index contributed by atoms with van der Waals surface area (Å²) >= 11 is 3.07. The summed E-state index contributed by atoms with van der Waals surface area (Å²) < 4.78 is 0. The summed E-state index contributed by atoms with van der Waals surface area (Å²) in [6.45, 7) is 0. The molecule has 4 rings (SSSR count). The standard InChI is InChI=1S/C17H15N3OS2/c21-15(20-17-19-12-8-4-5-9-14(12)23-17)13-10-22-16(18-13)11-6-2-1-3-7-11/h1-3,6-7,10H,4-5,8-9H2,(H,19,20,21). The molecule has 116 valence electrons. The molecule has 1 amide bonds. The van der Waals surface area contributed by atoms with Gasteiger partial charge in [0.2, 0.25) is 0 Å². The first-order chi connectivity index (χ1) is 11.3. The maximum absolute atomic E-state index is 12.4. The Morgan fingerprint density at radius 2 is 1.91 bits per heavy atom. The van der Waals surface area contributed by atoms with Gasteiger partial charge in [0.1, 0.15) is 10.7 Å². The number of aromatic nitrogens is 2. The molecule has 6 heteroatoms. The van der Waals surface area contributed by atoms with Crippen molar-refractivity contribution < 1.29 is 4.79 Å². The molecule has 2 aromatic heterocycles. The number of fused-ring (bicyclic) bond motifs is 1. The summed E-state index contributed by atoms with van der Waals surface area (Å²) in [5.41, 5.74) is 2.63. The van der Waals surface area contributed by atoms with Gasteiger partial charge in [0.05, 0.1) is 5.69 Å². The highest BCUT2D eigenvalue weighted by atomic mass is 32.1. The minimum absolute atomic E-state index is 0.186. The van der Waals surface area contributed by atoms with Gasteiger partial charge in [0.15, 0.2) is 5.13 Å². The van der Waals surface area contributed by atoms with Gasteiger partial charge in [-0.05, 0) is 25.7 Å². The quantitative estimate of drug-likeness (QED) is 0.768. The Hall–Kier alpha value is -2.05. The van der Waals surface area contributed by atoms with Crippen molar-refractivity contribution >= 4 is 33.7 Å². The van der Waals surface area contributed by atoms with E-state index < -0.39 is 0 Å². The van der Waals surface area contributed by atoms with E-state index in [4.69, 9.17) is 0 Å². The van der Waals surface area contributed by atoms with Crippen molar-refractivity contribution in [2.24, 2.45) is 0 Å². The smallest absolute Gasteiger partial charge is 0.276 e. The molecule has 0 unspecified atom stereocenters. The number of aryl methyl sites for hydroxylation is 2. The molecule has 0 fully saturated rings. The van der Waals surface area contributed by atoms with Crippen molar-refractivity contribution in [3.05, 3.63) is 52.0 Å². The lowest BCUT2D eigenvalue weighted by molar-refractivity contribution is 0.102. The van der Waals surface area contributed by atoms with E-state index in [-0.39, 0.29) is 5.91 Å². The van der Waals surface area contributed by atoms with Crippen LogP contribution in [0.1, 0.15) is 33.9 Å². The van der Waals surface area contributed by atoms with Crippen molar-refractivity contribution in [2.75, 3.05) is 5.32 Å². The first kappa shape index (κ1) is 14.5. The summed E-state index contributed by atoms with van der Waals surface area (Å²) in [4.78, 5) is 22.7. The molecule has 1 N–H and O–H groups in total. The van der Waals surface area contributed by atoms with Gasteiger partial charge in [0.25, 0.3) is 5.91 Å². The van der Waals surface area contributed by atoms with Crippen LogP contribution in [-0.2, 0) is 12.8 Å². The van der Waals surface area contributed by atoms with Crippen LogP contribution < -0.4 is 5.32 Å². The Labute approximate surface area is 142 Å². The number of nitrogens with zero attached hydrogens (tertiary/aromatic N) is 2. The van der Waals surface area contributed by atoms with Crippen LogP contribution in [0.25, 0.3) is 10.6 Å². The molecule has 0 radical (unpaired) electrons. The zero-order valence-corrected chi connectivity index (χ0v) is 14.0. The summed E-state index contributed by atoms with van der Waals surface area (Å²) in [5, 5.41) is 6.24. The third-order valence-electron chi connectivity index (χ3n) is 3.82. The SMILES string of the molecule is O=C(Nc1nc2c(s1)CCCC2)c1csc(-c2ccccc2)n1. The van der Waals surface area contributed by atoms with Crippen LogP contribution in [0, 0.1) is 0 Å². The highest BCUT2D eigenvalue weighted by Gasteiger charge is 2.18.